The van der Waals surface area contributed by atoms with E-state index in [4.69, 9.17) is 19.3 Å². The maximum Gasteiger partial charge on any atom is 0.341 e. The van der Waals surface area contributed by atoms with Gasteiger partial charge in [-0.25, -0.2) is 10.2 Å². The molecule has 0 aliphatic rings. The standard InChI is InChI=1S/C21H24N2O6/c1-3-11-28-18-10-9-15(12-19(18)27-4-2)21(26)23-22-13-16-7-5-6-8-17(16)29-14-20(24)25/h5-10,12-13H,3-4,11,14H2,1-2H3,(H,23,26)(H,24,25)/b22-13+. The second kappa shape index (κ2) is 11.3. The van der Waals surface area contributed by atoms with Crippen LogP contribution in [0.15, 0.2) is 47.6 Å². The fourth-order valence-corrected chi connectivity index (χ4v) is 2.33. The van der Waals surface area contributed by atoms with Gasteiger partial charge in [0.05, 0.1) is 19.4 Å². The van der Waals surface area contributed by atoms with Gasteiger partial charge in [0.1, 0.15) is 5.75 Å². The van der Waals surface area contributed by atoms with E-state index in [9.17, 15) is 9.59 Å². The van der Waals surface area contributed by atoms with Crippen molar-refractivity contribution >= 4 is 18.1 Å². The molecule has 0 aliphatic heterocycles. The average Bonchev–Trinajstić information content (AvgIpc) is 2.72. The van der Waals surface area contributed by atoms with E-state index in [0.717, 1.165) is 6.42 Å². The Morgan fingerprint density at radius 1 is 1.03 bits per heavy atom. The summed E-state index contributed by atoms with van der Waals surface area (Å²) in [5.41, 5.74) is 3.33. The van der Waals surface area contributed by atoms with Crippen molar-refractivity contribution in [3.63, 3.8) is 0 Å². The quantitative estimate of drug-likeness (QED) is 0.443. The van der Waals surface area contributed by atoms with Crippen molar-refractivity contribution in [1.82, 2.24) is 5.43 Å². The van der Waals surface area contributed by atoms with Crippen LogP contribution in [0.3, 0.4) is 0 Å². The molecular formula is C21H24N2O6. The monoisotopic (exact) mass is 400 g/mol. The second-order valence-corrected chi connectivity index (χ2v) is 5.86. The van der Waals surface area contributed by atoms with Gasteiger partial charge >= 0.3 is 5.97 Å². The number of carboxylic acid groups (broad SMARTS) is 1. The Hall–Kier alpha value is -3.55. The molecule has 0 unspecified atom stereocenters. The van der Waals surface area contributed by atoms with Crippen LogP contribution in [0.1, 0.15) is 36.2 Å². The molecule has 2 N–H and O–H groups in total. The summed E-state index contributed by atoms with van der Waals surface area (Å²) in [6.45, 7) is 4.39. The number of ether oxygens (including phenoxy) is 3. The SMILES string of the molecule is CCCOc1ccc(C(=O)N/N=C/c2ccccc2OCC(=O)O)cc1OCC. The Labute approximate surface area is 169 Å². The van der Waals surface area contributed by atoms with Crippen molar-refractivity contribution in [3.05, 3.63) is 53.6 Å². The number of carbonyl (C=O) groups is 2. The highest BCUT2D eigenvalue weighted by Gasteiger charge is 2.11. The normalized spacial score (nSPS) is 10.6. The minimum absolute atomic E-state index is 0.351. The number of nitrogens with zero attached hydrogens (tertiary/aromatic N) is 1. The van der Waals surface area contributed by atoms with E-state index in [1.807, 2.05) is 13.8 Å². The van der Waals surface area contributed by atoms with Gasteiger partial charge in [0.2, 0.25) is 0 Å². The van der Waals surface area contributed by atoms with Gasteiger partial charge in [-0.2, -0.15) is 5.10 Å². The first kappa shape index (κ1) is 21.7. The zero-order valence-electron chi connectivity index (χ0n) is 16.4. The number of aliphatic carboxylic acids is 1. The highest BCUT2D eigenvalue weighted by Crippen LogP contribution is 2.28. The van der Waals surface area contributed by atoms with Crippen LogP contribution >= 0.6 is 0 Å². The van der Waals surface area contributed by atoms with Gasteiger partial charge in [-0.3, -0.25) is 4.79 Å². The first-order valence-corrected chi connectivity index (χ1v) is 9.21. The Kier molecular flexibility index (Phi) is 8.50. The average molecular weight is 400 g/mol. The van der Waals surface area contributed by atoms with Gasteiger partial charge < -0.3 is 19.3 Å². The predicted molar refractivity (Wildman–Crippen MR) is 108 cm³/mol. The number of hydrogen-bond donors (Lipinski definition) is 2. The van der Waals surface area contributed by atoms with Gasteiger partial charge in [-0.05, 0) is 43.7 Å². The van der Waals surface area contributed by atoms with Crippen LogP contribution in [0.4, 0.5) is 0 Å². The minimum atomic E-state index is -1.08. The van der Waals surface area contributed by atoms with E-state index >= 15 is 0 Å². The molecule has 0 saturated carbocycles. The Balaban J connectivity index is 2.07. The number of amides is 1. The molecule has 8 heteroatoms. The van der Waals surface area contributed by atoms with Crippen molar-refractivity contribution in [3.8, 4) is 17.2 Å². The van der Waals surface area contributed by atoms with Crippen LogP contribution in [-0.2, 0) is 4.79 Å². The first-order chi connectivity index (χ1) is 14.0. The number of benzene rings is 2. The molecule has 0 saturated heterocycles. The van der Waals surface area contributed by atoms with Crippen molar-refractivity contribution in [2.75, 3.05) is 19.8 Å². The van der Waals surface area contributed by atoms with E-state index in [2.05, 4.69) is 10.5 Å². The highest BCUT2D eigenvalue weighted by atomic mass is 16.5. The summed E-state index contributed by atoms with van der Waals surface area (Å²) in [6.07, 6.45) is 2.25. The summed E-state index contributed by atoms with van der Waals surface area (Å²) in [4.78, 5) is 23.1. The lowest BCUT2D eigenvalue weighted by Gasteiger charge is -2.12. The number of hydrogen-bond acceptors (Lipinski definition) is 6. The summed E-state index contributed by atoms with van der Waals surface area (Å²) in [6, 6.07) is 11.7. The third-order valence-corrected chi connectivity index (χ3v) is 3.61. The molecule has 0 aromatic heterocycles. The smallest absolute Gasteiger partial charge is 0.341 e. The van der Waals surface area contributed by atoms with E-state index in [1.54, 1.807) is 42.5 Å². The summed E-state index contributed by atoms with van der Waals surface area (Å²) in [7, 11) is 0. The Bertz CT molecular complexity index is 866. The molecular weight excluding hydrogens is 376 g/mol. The molecule has 2 aromatic carbocycles. The third kappa shape index (κ3) is 6.84. The van der Waals surface area contributed by atoms with Crippen molar-refractivity contribution in [2.24, 2.45) is 5.10 Å². The van der Waals surface area contributed by atoms with E-state index in [1.165, 1.54) is 6.21 Å². The molecule has 0 spiro atoms. The number of nitrogens with one attached hydrogen (secondary N) is 1. The lowest BCUT2D eigenvalue weighted by atomic mass is 10.2. The Morgan fingerprint density at radius 3 is 2.55 bits per heavy atom. The van der Waals surface area contributed by atoms with E-state index in [0.29, 0.717) is 41.6 Å². The molecule has 0 radical (unpaired) electrons. The largest absolute Gasteiger partial charge is 0.490 e. The van der Waals surface area contributed by atoms with Crippen LogP contribution < -0.4 is 19.6 Å². The number of carboxylic acids is 1. The summed E-state index contributed by atoms with van der Waals surface area (Å²) >= 11 is 0. The molecule has 8 nitrogen and oxygen atoms in total. The molecule has 29 heavy (non-hydrogen) atoms. The van der Waals surface area contributed by atoms with Crippen LogP contribution in [0.5, 0.6) is 17.2 Å². The maximum absolute atomic E-state index is 12.4. The molecule has 0 heterocycles. The lowest BCUT2D eigenvalue weighted by molar-refractivity contribution is -0.139. The van der Waals surface area contributed by atoms with Gasteiger partial charge in [-0.15, -0.1) is 0 Å². The fourth-order valence-electron chi connectivity index (χ4n) is 2.33. The highest BCUT2D eigenvalue weighted by molar-refractivity contribution is 5.95. The van der Waals surface area contributed by atoms with Gasteiger partial charge in [0.25, 0.3) is 5.91 Å². The summed E-state index contributed by atoms with van der Waals surface area (Å²) < 4.78 is 16.4. The topological polar surface area (TPSA) is 106 Å². The van der Waals surface area contributed by atoms with E-state index < -0.39 is 18.5 Å². The Morgan fingerprint density at radius 2 is 1.83 bits per heavy atom. The number of rotatable bonds is 11. The maximum atomic E-state index is 12.4. The van der Waals surface area contributed by atoms with Crippen molar-refractivity contribution in [1.29, 1.82) is 0 Å². The molecule has 2 rings (SSSR count). The zero-order valence-corrected chi connectivity index (χ0v) is 16.4. The molecule has 2 aromatic rings. The van der Waals surface area contributed by atoms with Crippen LogP contribution in [0.2, 0.25) is 0 Å². The fraction of sp³-hybridized carbons (Fsp3) is 0.286. The summed E-state index contributed by atoms with van der Waals surface area (Å²) in [5, 5.41) is 12.7. The number of para-hydroxylation sites is 1. The van der Waals surface area contributed by atoms with Crippen LogP contribution in [-0.4, -0.2) is 43.0 Å². The lowest BCUT2D eigenvalue weighted by Crippen LogP contribution is -2.18. The van der Waals surface area contributed by atoms with E-state index in [-0.39, 0.29) is 0 Å². The van der Waals surface area contributed by atoms with Crippen LogP contribution in [0.25, 0.3) is 0 Å². The third-order valence-electron chi connectivity index (χ3n) is 3.61. The predicted octanol–water partition coefficient (Wildman–Crippen LogP) is 3.10. The van der Waals surface area contributed by atoms with Crippen molar-refractivity contribution < 1.29 is 28.9 Å². The number of carbonyl (C=O) groups excluding carboxylic acids is 1. The zero-order chi connectivity index (χ0) is 21.1. The number of hydrazone groups is 1. The summed E-state index contributed by atoms with van der Waals surface area (Å²) in [5.74, 6) is -0.0816. The van der Waals surface area contributed by atoms with Crippen molar-refractivity contribution in [2.45, 2.75) is 20.3 Å². The molecule has 0 fully saturated rings. The first-order valence-electron chi connectivity index (χ1n) is 9.21. The van der Waals surface area contributed by atoms with Gasteiger partial charge in [-0.1, -0.05) is 19.1 Å². The molecule has 0 bridgehead atoms. The van der Waals surface area contributed by atoms with Gasteiger partial charge in [0.15, 0.2) is 18.1 Å². The molecule has 1 amide bonds. The minimum Gasteiger partial charge on any atom is -0.490 e. The second-order valence-electron chi connectivity index (χ2n) is 5.86. The van der Waals surface area contributed by atoms with Crippen LogP contribution in [0, 0.1) is 0 Å². The molecule has 0 aliphatic carbocycles. The van der Waals surface area contributed by atoms with Gasteiger partial charge in [0, 0.05) is 11.1 Å². The molecule has 0 atom stereocenters. The molecule has 154 valence electrons.